The van der Waals surface area contributed by atoms with Crippen LogP contribution in [0.1, 0.15) is 13.8 Å². The predicted octanol–water partition coefficient (Wildman–Crippen LogP) is -9.46. The number of hydrogen-bond acceptors (Lipinski definition) is 21. The van der Waals surface area contributed by atoms with Crippen LogP contribution in [0.3, 0.4) is 0 Å². The zero-order chi connectivity index (χ0) is 37.9. The zero-order valence-corrected chi connectivity index (χ0v) is 27.4. The van der Waals surface area contributed by atoms with Crippen LogP contribution in [-0.4, -0.2) is 222 Å². The molecule has 0 aromatic rings. The van der Waals surface area contributed by atoms with Crippen LogP contribution in [0.2, 0.25) is 0 Å². The molecule has 4 heterocycles. The molecule has 0 spiro atoms. The molecule has 14 N–H and O–H groups in total. The summed E-state index contributed by atoms with van der Waals surface area (Å²) in [4.78, 5) is 23.7. The average molecular weight is 749 g/mol. The number of rotatable bonds is 12. The van der Waals surface area contributed by atoms with Gasteiger partial charge in [0.15, 0.2) is 25.2 Å². The van der Waals surface area contributed by atoms with E-state index in [0.717, 1.165) is 13.8 Å². The van der Waals surface area contributed by atoms with Crippen LogP contribution in [-0.2, 0) is 42.7 Å². The summed E-state index contributed by atoms with van der Waals surface area (Å²) in [6.45, 7) is -1.30. The number of aliphatic hydroxyl groups is 12. The lowest BCUT2D eigenvalue weighted by Crippen LogP contribution is -2.69. The maximum atomic E-state index is 11.9. The molecule has 0 aliphatic carbocycles. The second kappa shape index (κ2) is 18.0. The van der Waals surface area contributed by atoms with Gasteiger partial charge in [0, 0.05) is 13.8 Å². The van der Waals surface area contributed by atoms with Gasteiger partial charge in [0.1, 0.15) is 97.5 Å². The molecular formula is C28H48N2O21. The van der Waals surface area contributed by atoms with Crippen molar-refractivity contribution >= 4 is 11.8 Å². The van der Waals surface area contributed by atoms with Gasteiger partial charge in [0.25, 0.3) is 0 Å². The number of nitrogens with one attached hydrogen (secondary N) is 2. The van der Waals surface area contributed by atoms with Crippen LogP contribution >= 0.6 is 0 Å². The molecule has 23 heteroatoms. The molecule has 4 aliphatic rings. The minimum atomic E-state index is -2.08. The lowest BCUT2D eigenvalue weighted by atomic mass is 9.94. The van der Waals surface area contributed by atoms with Crippen LogP contribution in [0.5, 0.6) is 0 Å². The Morgan fingerprint density at radius 1 is 0.471 bits per heavy atom. The number of hydrogen-bond donors (Lipinski definition) is 14. The zero-order valence-electron chi connectivity index (χ0n) is 27.4. The molecule has 2 amide bonds. The first kappa shape index (κ1) is 41.9. The summed E-state index contributed by atoms with van der Waals surface area (Å²) in [5.74, 6) is -1.39. The van der Waals surface area contributed by atoms with Gasteiger partial charge in [-0.2, -0.15) is 0 Å². The van der Waals surface area contributed by atoms with E-state index in [0.29, 0.717) is 0 Å². The lowest BCUT2D eigenvalue weighted by Gasteiger charge is -2.50. The molecule has 51 heavy (non-hydrogen) atoms. The number of ether oxygens (including phenoxy) is 7. The van der Waals surface area contributed by atoms with Gasteiger partial charge in [-0.05, 0) is 0 Å². The van der Waals surface area contributed by atoms with Crippen molar-refractivity contribution in [3.8, 4) is 0 Å². The minimum absolute atomic E-state index is 0.685. The first-order valence-electron chi connectivity index (χ1n) is 16.1. The van der Waals surface area contributed by atoms with Crippen LogP contribution in [0.25, 0.3) is 0 Å². The van der Waals surface area contributed by atoms with Crippen molar-refractivity contribution < 1.29 is 104 Å². The fourth-order valence-corrected chi connectivity index (χ4v) is 6.35. The highest BCUT2D eigenvalue weighted by Gasteiger charge is 2.56. The first-order valence-corrected chi connectivity index (χ1v) is 16.1. The van der Waals surface area contributed by atoms with E-state index in [2.05, 4.69) is 10.6 Å². The van der Waals surface area contributed by atoms with E-state index in [1.165, 1.54) is 0 Å². The number of carbonyl (C=O) groups excluding carboxylic acids is 2. The van der Waals surface area contributed by atoms with E-state index in [9.17, 15) is 70.9 Å². The maximum absolute atomic E-state index is 11.9. The third kappa shape index (κ3) is 9.11. The molecule has 0 radical (unpaired) electrons. The van der Waals surface area contributed by atoms with Crippen molar-refractivity contribution in [1.29, 1.82) is 0 Å². The Morgan fingerprint density at radius 3 is 1.29 bits per heavy atom. The fraction of sp³-hybridized carbons (Fsp3) is 0.929. The Hall–Kier alpha value is -1.82. The summed E-state index contributed by atoms with van der Waals surface area (Å²) in [5.41, 5.74) is 0. The molecule has 20 atom stereocenters. The summed E-state index contributed by atoms with van der Waals surface area (Å²) in [7, 11) is 0. The topological polar surface area (TPSA) is 366 Å². The average Bonchev–Trinajstić information content (AvgIpc) is 3.09. The van der Waals surface area contributed by atoms with Crippen molar-refractivity contribution in [1.82, 2.24) is 10.6 Å². The quantitative estimate of drug-likeness (QED) is 0.0881. The Bertz CT molecular complexity index is 1140. The Balaban J connectivity index is 1.58. The van der Waals surface area contributed by atoms with E-state index in [1.54, 1.807) is 0 Å². The molecule has 1 unspecified atom stereocenters. The highest BCUT2D eigenvalue weighted by Crippen LogP contribution is 2.34. The van der Waals surface area contributed by atoms with Gasteiger partial charge < -0.3 is 105 Å². The van der Waals surface area contributed by atoms with E-state index >= 15 is 0 Å². The molecule has 0 saturated carbocycles. The largest absolute Gasteiger partial charge is 0.394 e. The second-order valence-corrected chi connectivity index (χ2v) is 12.6. The molecule has 0 aromatic carbocycles. The molecule has 4 saturated heterocycles. The van der Waals surface area contributed by atoms with Crippen LogP contribution < -0.4 is 10.6 Å². The molecule has 4 fully saturated rings. The van der Waals surface area contributed by atoms with Crippen molar-refractivity contribution in [2.24, 2.45) is 0 Å². The molecule has 4 rings (SSSR count). The van der Waals surface area contributed by atoms with Crippen molar-refractivity contribution in [2.75, 3.05) is 26.4 Å². The van der Waals surface area contributed by atoms with Crippen LogP contribution in [0, 0.1) is 0 Å². The first-order chi connectivity index (χ1) is 24.1. The summed E-state index contributed by atoms with van der Waals surface area (Å²) in [5, 5.41) is 130. The fourth-order valence-electron chi connectivity index (χ4n) is 6.35. The van der Waals surface area contributed by atoms with Gasteiger partial charge in [-0.1, -0.05) is 0 Å². The molecule has 296 valence electrons. The standard InChI is InChI=1S/C28H48N2O21/c1-7(35)29-13-17(39)15(37)9(3-31)46-26(13)49-22-11(5-33)48-28(20(42)19(22)41)50-23-12(6-34)45-25(44)21(43)24(23)51-27-14(30-8(2)36)18(40)16(38)10(4-32)47-27/h9-28,31-34,37-44H,3-6H2,1-2H3,(H,29,35)(H,30,36)/t9-,10-,11-,12-,13+,14-,15-,16+,17-,18-,19-,20-,21-,22+,23+,24-,25?,26+,27+,28-/m1/s1. The van der Waals surface area contributed by atoms with E-state index in [-0.39, 0.29) is 0 Å². The Kier molecular flexibility index (Phi) is 14.8. The van der Waals surface area contributed by atoms with E-state index in [1.807, 2.05) is 0 Å². The van der Waals surface area contributed by atoms with Crippen molar-refractivity contribution in [2.45, 2.75) is 137 Å². The van der Waals surface area contributed by atoms with Gasteiger partial charge in [0.2, 0.25) is 11.8 Å². The highest BCUT2D eigenvalue weighted by molar-refractivity contribution is 5.73. The van der Waals surface area contributed by atoms with E-state index < -0.39 is 161 Å². The highest BCUT2D eigenvalue weighted by atomic mass is 16.8. The van der Waals surface area contributed by atoms with Crippen molar-refractivity contribution in [3.63, 3.8) is 0 Å². The molecular weight excluding hydrogens is 700 g/mol. The predicted molar refractivity (Wildman–Crippen MR) is 157 cm³/mol. The van der Waals surface area contributed by atoms with Gasteiger partial charge in [0.05, 0.1) is 26.4 Å². The van der Waals surface area contributed by atoms with Gasteiger partial charge in [-0.15, -0.1) is 0 Å². The minimum Gasteiger partial charge on any atom is -0.394 e. The summed E-state index contributed by atoms with van der Waals surface area (Å²) >= 11 is 0. The van der Waals surface area contributed by atoms with Gasteiger partial charge >= 0.3 is 0 Å². The third-order valence-electron chi connectivity index (χ3n) is 9.01. The smallest absolute Gasteiger partial charge is 0.217 e. The third-order valence-corrected chi connectivity index (χ3v) is 9.01. The molecule has 4 aliphatic heterocycles. The number of amides is 2. The molecule has 0 bridgehead atoms. The SMILES string of the molecule is CC(=O)N[C@@H]1[C@H](O[C@@H]2[C@H](O)[C@@H](O)[C@@H](O[C@@H]3[C@H](O[C@@H]4O[C@H](CO)[C@H](O)[C@H](O)[C@H]4NC(C)=O)[C@@H](O)C(O)O[C@@H]3CO)O[C@@H]2CO)O[C@H](CO)[C@@H](O)[C@@H]1O. The molecule has 0 aromatic heterocycles. The number of aliphatic hydroxyl groups excluding tert-OH is 12. The Labute approximate surface area is 289 Å². The summed E-state index contributed by atoms with van der Waals surface area (Å²) in [6.07, 6.45) is -31.7. The maximum Gasteiger partial charge on any atom is 0.217 e. The number of carbonyl (C=O) groups is 2. The summed E-state index contributed by atoms with van der Waals surface area (Å²) < 4.78 is 39.4. The summed E-state index contributed by atoms with van der Waals surface area (Å²) in [6, 6.07) is -2.99. The van der Waals surface area contributed by atoms with Crippen molar-refractivity contribution in [3.05, 3.63) is 0 Å². The van der Waals surface area contributed by atoms with Crippen LogP contribution in [0.15, 0.2) is 0 Å². The van der Waals surface area contributed by atoms with Gasteiger partial charge in [-0.3, -0.25) is 9.59 Å². The normalized spacial score (nSPS) is 47.8. The Morgan fingerprint density at radius 2 is 0.863 bits per heavy atom. The van der Waals surface area contributed by atoms with E-state index in [4.69, 9.17) is 33.2 Å². The van der Waals surface area contributed by atoms with Gasteiger partial charge in [-0.25, -0.2) is 0 Å². The lowest BCUT2D eigenvalue weighted by molar-refractivity contribution is -0.385. The monoisotopic (exact) mass is 748 g/mol. The van der Waals surface area contributed by atoms with Crippen LogP contribution in [0.4, 0.5) is 0 Å². The molecule has 23 nitrogen and oxygen atoms in total. The second-order valence-electron chi connectivity index (χ2n) is 12.6.